The molecule has 0 fully saturated rings. The highest BCUT2D eigenvalue weighted by atomic mass is 79.9. The smallest absolute Gasteiger partial charge is 0.134 e. The highest BCUT2D eigenvalue weighted by Crippen LogP contribution is 2.36. The standard InChI is InChI=1S/C15H13BrF2O/c1-9-4-3-5-10(6-9)15(16)14-12(17)7-11(19-2)8-13(14)18/h3-8,15H,1-2H3. The van der Waals surface area contributed by atoms with E-state index >= 15 is 0 Å². The van der Waals surface area contributed by atoms with E-state index in [2.05, 4.69) is 15.9 Å². The number of methoxy groups -OCH3 is 1. The van der Waals surface area contributed by atoms with Gasteiger partial charge in [-0.3, -0.25) is 0 Å². The van der Waals surface area contributed by atoms with Crippen LogP contribution in [0.4, 0.5) is 8.78 Å². The van der Waals surface area contributed by atoms with Gasteiger partial charge in [-0.15, -0.1) is 0 Å². The van der Waals surface area contributed by atoms with Crippen LogP contribution in [-0.4, -0.2) is 7.11 Å². The summed E-state index contributed by atoms with van der Waals surface area (Å²) in [7, 11) is 1.38. The van der Waals surface area contributed by atoms with Crippen molar-refractivity contribution in [2.24, 2.45) is 0 Å². The molecule has 0 aliphatic carbocycles. The quantitative estimate of drug-likeness (QED) is 0.738. The SMILES string of the molecule is COc1cc(F)c(C(Br)c2cccc(C)c2)c(F)c1. The maximum absolute atomic E-state index is 14.0. The molecule has 0 radical (unpaired) electrons. The minimum absolute atomic E-state index is 0.00796. The highest BCUT2D eigenvalue weighted by Gasteiger charge is 2.20. The molecule has 1 atom stereocenters. The third kappa shape index (κ3) is 2.95. The Balaban J connectivity index is 2.47. The van der Waals surface area contributed by atoms with Crippen molar-refractivity contribution in [2.75, 3.05) is 7.11 Å². The number of benzene rings is 2. The van der Waals surface area contributed by atoms with Gasteiger partial charge < -0.3 is 4.74 Å². The van der Waals surface area contributed by atoms with Gasteiger partial charge in [0.25, 0.3) is 0 Å². The van der Waals surface area contributed by atoms with Crippen molar-refractivity contribution in [1.29, 1.82) is 0 Å². The maximum atomic E-state index is 14.0. The second kappa shape index (κ2) is 5.70. The fourth-order valence-corrected chi connectivity index (χ4v) is 2.64. The molecule has 2 aromatic rings. The maximum Gasteiger partial charge on any atom is 0.134 e. The van der Waals surface area contributed by atoms with Crippen molar-refractivity contribution in [3.63, 3.8) is 0 Å². The van der Waals surface area contributed by atoms with Crippen molar-refractivity contribution in [1.82, 2.24) is 0 Å². The Morgan fingerprint density at radius 2 is 1.74 bits per heavy atom. The molecule has 1 nitrogen and oxygen atoms in total. The monoisotopic (exact) mass is 326 g/mol. The Bertz CT molecular complexity index is 575. The van der Waals surface area contributed by atoms with E-state index < -0.39 is 16.5 Å². The van der Waals surface area contributed by atoms with Gasteiger partial charge in [-0.05, 0) is 12.5 Å². The van der Waals surface area contributed by atoms with Gasteiger partial charge in [-0.2, -0.15) is 0 Å². The molecule has 0 saturated heterocycles. The van der Waals surface area contributed by atoms with Gasteiger partial charge in [0.2, 0.25) is 0 Å². The normalized spacial score (nSPS) is 12.3. The van der Waals surface area contributed by atoms with Gasteiger partial charge >= 0.3 is 0 Å². The van der Waals surface area contributed by atoms with Crippen LogP contribution in [0.2, 0.25) is 0 Å². The van der Waals surface area contributed by atoms with Crippen LogP contribution < -0.4 is 4.74 Å². The third-order valence-corrected chi connectivity index (χ3v) is 3.86. The van der Waals surface area contributed by atoms with E-state index in [0.29, 0.717) is 0 Å². The first kappa shape index (κ1) is 14.0. The van der Waals surface area contributed by atoms with Gasteiger partial charge in [-0.25, -0.2) is 8.78 Å². The van der Waals surface area contributed by atoms with Gasteiger partial charge in [0.1, 0.15) is 17.4 Å². The second-order valence-corrected chi connectivity index (χ2v) is 5.20. The summed E-state index contributed by atoms with van der Waals surface area (Å²) < 4.78 is 32.8. The number of halogens is 3. The lowest BCUT2D eigenvalue weighted by Gasteiger charge is -2.14. The van der Waals surface area contributed by atoms with Crippen LogP contribution in [-0.2, 0) is 0 Å². The van der Waals surface area contributed by atoms with E-state index in [-0.39, 0.29) is 11.3 Å². The number of ether oxygens (including phenoxy) is 1. The van der Waals surface area contributed by atoms with E-state index in [1.165, 1.54) is 19.2 Å². The van der Waals surface area contributed by atoms with Gasteiger partial charge in [0.05, 0.1) is 11.9 Å². The van der Waals surface area contributed by atoms with Crippen molar-refractivity contribution >= 4 is 15.9 Å². The molecule has 100 valence electrons. The molecule has 0 aromatic heterocycles. The van der Waals surface area contributed by atoms with E-state index in [4.69, 9.17) is 4.74 Å². The third-order valence-electron chi connectivity index (χ3n) is 2.88. The summed E-state index contributed by atoms with van der Waals surface area (Å²) in [5.41, 5.74) is 1.84. The number of hydrogen-bond acceptors (Lipinski definition) is 1. The van der Waals surface area contributed by atoms with E-state index in [1.807, 2.05) is 31.2 Å². The Labute approximate surface area is 119 Å². The second-order valence-electron chi connectivity index (χ2n) is 4.28. The first-order valence-corrected chi connectivity index (χ1v) is 6.68. The Hall–Kier alpha value is -1.42. The largest absolute Gasteiger partial charge is 0.497 e. The zero-order valence-corrected chi connectivity index (χ0v) is 12.2. The molecule has 2 aromatic carbocycles. The van der Waals surface area contributed by atoms with Crippen LogP contribution in [0.15, 0.2) is 36.4 Å². The molecule has 0 spiro atoms. The molecule has 0 amide bonds. The predicted molar refractivity (Wildman–Crippen MR) is 74.9 cm³/mol. The first-order chi connectivity index (χ1) is 9.02. The molecule has 0 heterocycles. The Kier molecular flexibility index (Phi) is 4.20. The average molecular weight is 327 g/mol. The number of alkyl halides is 1. The minimum atomic E-state index is -0.625. The van der Waals surface area contributed by atoms with Gasteiger partial charge in [0, 0.05) is 17.7 Å². The van der Waals surface area contributed by atoms with E-state index in [0.717, 1.165) is 11.1 Å². The lowest BCUT2D eigenvalue weighted by Crippen LogP contribution is -2.02. The summed E-state index contributed by atoms with van der Waals surface area (Å²) in [5.74, 6) is -1.08. The summed E-state index contributed by atoms with van der Waals surface area (Å²) in [6, 6.07) is 9.88. The van der Waals surface area contributed by atoms with Crippen molar-refractivity contribution in [3.05, 3.63) is 64.7 Å². The topological polar surface area (TPSA) is 9.23 Å². The highest BCUT2D eigenvalue weighted by molar-refractivity contribution is 9.09. The Morgan fingerprint density at radius 3 is 2.26 bits per heavy atom. The number of aryl methyl sites for hydroxylation is 1. The number of hydrogen-bond donors (Lipinski definition) is 0. The molecule has 0 saturated carbocycles. The molecule has 0 bridgehead atoms. The molecule has 0 aliphatic heterocycles. The van der Waals surface area contributed by atoms with Crippen molar-refractivity contribution in [3.8, 4) is 5.75 Å². The summed E-state index contributed by atoms with van der Waals surface area (Å²) in [6.45, 7) is 1.93. The van der Waals surface area contributed by atoms with Crippen LogP contribution in [0.1, 0.15) is 21.5 Å². The fourth-order valence-electron chi connectivity index (χ4n) is 1.92. The lowest BCUT2D eigenvalue weighted by atomic mass is 10.0. The predicted octanol–water partition coefficient (Wildman–Crippen LogP) is 4.77. The van der Waals surface area contributed by atoms with Gasteiger partial charge in [-0.1, -0.05) is 45.8 Å². The van der Waals surface area contributed by atoms with Crippen LogP contribution >= 0.6 is 15.9 Å². The van der Waals surface area contributed by atoms with Crippen LogP contribution in [0.3, 0.4) is 0 Å². The summed E-state index contributed by atoms with van der Waals surface area (Å²) in [6.07, 6.45) is 0. The Morgan fingerprint density at radius 1 is 1.11 bits per heavy atom. The minimum Gasteiger partial charge on any atom is -0.497 e. The van der Waals surface area contributed by atoms with Gasteiger partial charge in [0.15, 0.2) is 0 Å². The number of rotatable bonds is 3. The molecule has 0 aliphatic rings. The zero-order chi connectivity index (χ0) is 14.0. The van der Waals surface area contributed by atoms with Crippen molar-refractivity contribution in [2.45, 2.75) is 11.8 Å². The van der Waals surface area contributed by atoms with Crippen LogP contribution in [0.5, 0.6) is 5.75 Å². The molecule has 1 unspecified atom stereocenters. The molecular weight excluding hydrogens is 314 g/mol. The lowest BCUT2D eigenvalue weighted by molar-refractivity contribution is 0.405. The summed E-state index contributed by atoms with van der Waals surface area (Å²) in [5, 5.41) is 0. The summed E-state index contributed by atoms with van der Waals surface area (Å²) >= 11 is 3.36. The molecule has 19 heavy (non-hydrogen) atoms. The fraction of sp³-hybridized carbons (Fsp3) is 0.200. The first-order valence-electron chi connectivity index (χ1n) is 5.76. The molecular formula is C15H13BrF2O. The summed E-state index contributed by atoms with van der Waals surface area (Å²) in [4.78, 5) is -0.529. The van der Waals surface area contributed by atoms with E-state index in [1.54, 1.807) is 0 Å². The average Bonchev–Trinajstić information content (AvgIpc) is 2.37. The molecule has 2 rings (SSSR count). The molecule has 4 heteroatoms. The van der Waals surface area contributed by atoms with E-state index in [9.17, 15) is 8.78 Å². The zero-order valence-electron chi connectivity index (χ0n) is 10.6. The van der Waals surface area contributed by atoms with Crippen LogP contribution in [0, 0.1) is 18.6 Å². The van der Waals surface area contributed by atoms with Crippen molar-refractivity contribution < 1.29 is 13.5 Å². The van der Waals surface area contributed by atoms with Crippen LogP contribution in [0.25, 0.3) is 0 Å². The molecule has 0 N–H and O–H groups in total.